The Hall–Kier alpha value is -2.93. The number of aliphatic carboxylic acids is 1. The van der Waals surface area contributed by atoms with Crippen molar-refractivity contribution in [1.82, 2.24) is 18.8 Å². The number of fused-ring (bicyclic) bond motifs is 3. The number of hydrogen-bond donors (Lipinski definition) is 1. The molecule has 35 heavy (non-hydrogen) atoms. The van der Waals surface area contributed by atoms with Crippen LogP contribution in [0.2, 0.25) is 0 Å². The summed E-state index contributed by atoms with van der Waals surface area (Å²) in [5, 5.41) is 7.12. The molecule has 0 radical (unpaired) electrons. The molecule has 0 aliphatic carbocycles. The Kier molecular flexibility index (Phi) is 7.90. The topological polar surface area (TPSA) is 113 Å². The van der Waals surface area contributed by atoms with Crippen molar-refractivity contribution in [2.45, 2.75) is 50.7 Å². The molecule has 1 fully saturated rings. The molecule has 0 bridgehead atoms. The summed E-state index contributed by atoms with van der Waals surface area (Å²) in [5.74, 6) is -2.69. The van der Waals surface area contributed by atoms with Crippen molar-refractivity contribution in [3.05, 3.63) is 42.0 Å². The van der Waals surface area contributed by atoms with Crippen molar-refractivity contribution >= 4 is 21.9 Å². The van der Waals surface area contributed by atoms with E-state index in [4.69, 9.17) is 9.90 Å². The van der Waals surface area contributed by atoms with Crippen LogP contribution in [0.3, 0.4) is 0 Å². The first-order valence-corrected chi connectivity index (χ1v) is 12.5. The number of para-hydroxylation sites is 1. The molecule has 1 aromatic heterocycles. The molecule has 2 aromatic rings. The lowest BCUT2D eigenvalue weighted by Crippen LogP contribution is -2.37. The third-order valence-corrected chi connectivity index (χ3v) is 7.45. The maximum absolute atomic E-state index is 13.3. The fourth-order valence-electron chi connectivity index (χ4n) is 3.99. The molecule has 13 heteroatoms. The molecule has 1 N–H and O–H groups in total. The van der Waals surface area contributed by atoms with E-state index >= 15 is 0 Å². The number of benzene rings is 1. The molecule has 1 saturated heterocycles. The number of carbonyl (C=O) groups excluding carboxylic acids is 1. The normalized spacial score (nSPS) is 17.6. The van der Waals surface area contributed by atoms with Gasteiger partial charge in [0.25, 0.3) is 5.91 Å². The highest BCUT2D eigenvalue weighted by Crippen LogP contribution is 2.32. The molecule has 2 aliphatic heterocycles. The molecule has 3 heterocycles. The van der Waals surface area contributed by atoms with E-state index in [1.165, 1.54) is 4.31 Å². The molecule has 0 saturated carbocycles. The van der Waals surface area contributed by atoms with E-state index in [0.29, 0.717) is 23.6 Å². The predicted octanol–water partition coefficient (Wildman–Crippen LogP) is 3.29. The Labute approximate surface area is 201 Å². The summed E-state index contributed by atoms with van der Waals surface area (Å²) in [6.45, 7) is 5.97. The summed E-state index contributed by atoms with van der Waals surface area (Å²) >= 11 is 0. The van der Waals surface area contributed by atoms with Gasteiger partial charge in [-0.15, -0.1) is 0 Å². The summed E-state index contributed by atoms with van der Waals surface area (Å²) in [4.78, 5) is 28.5. The SMILES string of the molecule is CC(C)CN1Cc2c(C(=O)N3CCCCC3)ncn2-c2ccccc2S1(=O)=O.O=C(O)C(F)(F)F. The van der Waals surface area contributed by atoms with Crippen LogP contribution in [-0.4, -0.2) is 70.0 Å². The second-order valence-electron chi connectivity index (χ2n) is 8.72. The quantitative estimate of drug-likeness (QED) is 0.670. The van der Waals surface area contributed by atoms with Crippen molar-refractivity contribution in [2.75, 3.05) is 19.6 Å². The lowest BCUT2D eigenvalue weighted by Gasteiger charge is -2.27. The standard InChI is InChI=1S/C20H26N4O3S.C2HF3O2/c1-15(2)12-23-13-17-19(20(25)22-10-6-3-7-11-22)21-14-24(17)16-8-4-5-9-18(16)28(23,26)27;3-2(4,5)1(6)7/h4-5,8-9,14-15H,3,6-7,10-13H2,1-2H3;(H,6,7). The van der Waals surface area contributed by atoms with Gasteiger partial charge in [-0.1, -0.05) is 26.0 Å². The maximum atomic E-state index is 13.3. The third-order valence-electron chi connectivity index (χ3n) is 5.59. The van der Waals surface area contributed by atoms with E-state index in [1.54, 1.807) is 29.1 Å². The average molecular weight is 517 g/mol. The summed E-state index contributed by atoms with van der Waals surface area (Å²) in [6.07, 6.45) is -0.366. The van der Waals surface area contributed by atoms with Crippen LogP contribution in [0, 0.1) is 5.92 Å². The fourth-order valence-corrected chi connectivity index (χ4v) is 5.74. The van der Waals surface area contributed by atoms with Crippen molar-refractivity contribution in [3.8, 4) is 5.69 Å². The Balaban J connectivity index is 0.000000429. The number of halogens is 3. The number of sulfonamides is 1. The second-order valence-corrected chi connectivity index (χ2v) is 10.6. The van der Waals surface area contributed by atoms with Crippen LogP contribution in [0.4, 0.5) is 13.2 Å². The molecule has 4 rings (SSSR count). The van der Waals surface area contributed by atoms with Crippen LogP contribution in [-0.2, 0) is 21.4 Å². The van der Waals surface area contributed by atoms with E-state index in [1.807, 2.05) is 24.8 Å². The van der Waals surface area contributed by atoms with Gasteiger partial charge in [0.15, 0.2) is 5.69 Å². The average Bonchev–Trinajstić information content (AvgIpc) is 3.18. The summed E-state index contributed by atoms with van der Waals surface area (Å²) in [5.41, 5.74) is 1.56. The first-order valence-electron chi connectivity index (χ1n) is 11.1. The number of amides is 1. The second kappa shape index (κ2) is 10.4. The highest BCUT2D eigenvalue weighted by Gasteiger charge is 2.38. The van der Waals surface area contributed by atoms with Crippen LogP contribution < -0.4 is 0 Å². The third kappa shape index (κ3) is 5.84. The number of likely N-dealkylation sites (tertiary alicyclic amines) is 1. The van der Waals surface area contributed by atoms with Gasteiger partial charge in [0, 0.05) is 19.6 Å². The molecule has 1 aromatic carbocycles. The maximum Gasteiger partial charge on any atom is 0.490 e. The van der Waals surface area contributed by atoms with Gasteiger partial charge in [-0.25, -0.2) is 18.2 Å². The van der Waals surface area contributed by atoms with Gasteiger partial charge in [0.1, 0.15) is 11.2 Å². The zero-order chi connectivity index (χ0) is 26.0. The number of imidazole rings is 1. The minimum absolute atomic E-state index is 0.102. The monoisotopic (exact) mass is 516 g/mol. The van der Waals surface area contributed by atoms with Gasteiger partial charge in [0.2, 0.25) is 10.0 Å². The summed E-state index contributed by atoms with van der Waals surface area (Å²) < 4.78 is 61.6. The highest BCUT2D eigenvalue weighted by molar-refractivity contribution is 7.89. The van der Waals surface area contributed by atoms with Gasteiger partial charge < -0.3 is 10.0 Å². The van der Waals surface area contributed by atoms with Crippen LogP contribution in [0.1, 0.15) is 49.3 Å². The molecular weight excluding hydrogens is 489 g/mol. The number of rotatable bonds is 3. The number of carboxylic acid groups (broad SMARTS) is 1. The summed E-state index contributed by atoms with van der Waals surface area (Å²) in [7, 11) is -3.66. The number of aromatic nitrogens is 2. The fraction of sp³-hybridized carbons (Fsp3) is 0.500. The first-order chi connectivity index (χ1) is 16.3. The van der Waals surface area contributed by atoms with Crippen LogP contribution in [0.5, 0.6) is 0 Å². The zero-order valence-electron chi connectivity index (χ0n) is 19.3. The number of hydrogen-bond acceptors (Lipinski definition) is 5. The van der Waals surface area contributed by atoms with Gasteiger partial charge in [-0.3, -0.25) is 9.36 Å². The molecule has 9 nitrogen and oxygen atoms in total. The number of piperidine rings is 1. The summed E-state index contributed by atoms with van der Waals surface area (Å²) in [6, 6.07) is 6.93. The number of alkyl halides is 3. The molecule has 0 spiro atoms. The lowest BCUT2D eigenvalue weighted by atomic mass is 10.1. The van der Waals surface area contributed by atoms with E-state index in [-0.39, 0.29) is 23.3 Å². The van der Waals surface area contributed by atoms with Crippen LogP contribution >= 0.6 is 0 Å². The van der Waals surface area contributed by atoms with Crippen molar-refractivity contribution in [1.29, 1.82) is 0 Å². The van der Waals surface area contributed by atoms with Crippen molar-refractivity contribution in [3.63, 3.8) is 0 Å². The van der Waals surface area contributed by atoms with E-state index < -0.39 is 22.2 Å². The van der Waals surface area contributed by atoms with Crippen LogP contribution in [0.25, 0.3) is 5.69 Å². The van der Waals surface area contributed by atoms with E-state index in [0.717, 1.165) is 32.4 Å². The van der Waals surface area contributed by atoms with E-state index in [2.05, 4.69) is 4.98 Å². The number of carboxylic acids is 1. The molecule has 2 aliphatic rings. The van der Waals surface area contributed by atoms with Gasteiger partial charge >= 0.3 is 12.1 Å². The molecule has 0 atom stereocenters. The van der Waals surface area contributed by atoms with Crippen molar-refractivity contribution < 1.29 is 36.3 Å². The minimum Gasteiger partial charge on any atom is -0.475 e. The minimum atomic E-state index is -5.08. The van der Waals surface area contributed by atoms with Gasteiger partial charge in [0.05, 0.1) is 17.9 Å². The molecular formula is C22H27F3N4O5S. The zero-order valence-corrected chi connectivity index (χ0v) is 20.1. The highest BCUT2D eigenvalue weighted by atomic mass is 32.2. The Morgan fingerprint density at radius 2 is 1.71 bits per heavy atom. The predicted molar refractivity (Wildman–Crippen MR) is 119 cm³/mol. The Morgan fingerprint density at radius 1 is 1.11 bits per heavy atom. The molecule has 1 amide bonds. The first kappa shape index (κ1) is 26.7. The smallest absolute Gasteiger partial charge is 0.475 e. The van der Waals surface area contributed by atoms with Gasteiger partial charge in [-0.05, 0) is 37.3 Å². The number of carbonyl (C=O) groups is 2. The van der Waals surface area contributed by atoms with Crippen LogP contribution in [0.15, 0.2) is 35.5 Å². The van der Waals surface area contributed by atoms with Gasteiger partial charge in [-0.2, -0.15) is 17.5 Å². The van der Waals surface area contributed by atoms with E-state index in [9.17, 15) is 26.4 Å². The Bertz CT molecular complexity index is 1190. The Morgan fingerprint density at radius 3 is 2.29 bits per heavy atom. The largest absolute Gasteiger partial charge is 0.490 e. The lowest BCUT2D eigenvalue weighted by molar-refractivity contribution is -0.192. The number of nitrogens with zero attached hydrogens (tertiary/aromatic N) is 4. The van der Waals surface area contributed by atoms with Crippen molar-refractivity contribution in [2.24, 2.45) is 5.92 Å². The molecule has 192 valence electrons. The molecule has 0 unspecified atom stereocenters.